The summed E-state index contributed by atoms with van der Waals surface area (Å²) in [6.07, 6.45) is 2.90. The predicted octanol–water partition coefficient (Wildman–Crippen LogP) is 2.08. The summed E-state index contributed by atoms with van der Waals surface area (Å²) in [5.74, 6) is -0.756. The number of aliphatic hydroxyl groups is 1. The van der Waals surface area contributed by atoms with Crippen LogP contribution in [0.25, 0.3) is 0 Å². The second-order valence-corrected chi connectivity index (χ2v) is 6.09. The van der Waals surface area contributed by atoms with Crippen LogP contribution in [0.2, 0.25) is 0 Å². The van der Waals surface area contributed by atoms with Crippen LogP contribution in [0.1, 0.15) is 18.1 Å². The van der Waals surface area contributed by atoms with Gasteiger partial charge in [0.1, 0.15) is 0 Å². The Bertz CT molecular complexity index is 748. The first-order valence-corrected chi connectivity index (χ1v) is 7.81. The van der Waals surface area contributed by atoms with Crippen LogP contribution in [-0.4, -0.2) is 18.5 Å². The van der Waals surface area contributed by atoms with Gasteiger partial charge in [-0.2, -0.15) is 0 Å². The van der Waals surface area contributed by atoms with Crippen LogP contribution in [0.3, 0.4) is 0 Å². The molecular weight excluding hydrogens is 295 g/mol. The minimum Gasteiger partial charge on any atom is -0.392 e. The molecule has 21 heavy (non-hydrogen) atoms. The topological polar surface area (TPSA) is 79.3 Å². The molecule has 0 spiro atoms. The van der Waals surface area contributed by atoms with E-state index in [4.69, 9.17) is 0 Å². The molecular formula is C14H15FN2O3S. The van der Waals surface area contributed by atoms with Gasteiger partial charge in [0, 0.05) is 6.20 Å². The van der Waals surface area contributed by atoms with Crippen molar-refractivity contribution in [3.05, 3.63) is 53.6 Å². The van der Waals surface area contributed by atoms with E-state index < -0.39 is 15.8 Å². The number of halogens is 1. The fourth-order valence-corrected chi connectivity index (χ4v) is 3.04. The lowest BCUT2D eigenvalue weighted by Gasteiger charge is -2.11. The van der Waals surface area contributed by atoms with Crippen LogP contribution in [0.5, 0.6) is 0 Å². The number of rotatable bonds is 5. The third-order valence-electron chi connectivity index (χ3n) is 3.06. The molecule has 0 fully saturated rings. The highest BCUT2D eigenvalue weighted by molar-refractivity contribution is 7.92. The highest BCUT2D eigenvalue weighted by Gasteiger charge is 2.17. The molecule has 2 N–H and O–H groups in total. The van der Waals surface area contributed by atoms with Crippen LogP contribution >= 0.6 is 0 Å². The zero-order chi connectivity index (χ0) is 15.5. The van der Waals surface area contributed by atoms with E-state index in [0.717, 1.165) is 11.8 Å². The largest absolute Gasteiger partial charge is 0.392 e. The van der Waals surface area contributed by atoms with Gasteiger partial charge in [0.05, 0.1) is 23.4 Å². The van der Waals surface area contributed by atoms with Crippen molar-refractivity contribution in [2.45, 2.75) is 24.8 Å². The number of sulfonamides is 1. The van der Waals surface area contributed by atoms with E-state index >= 15 is 0 Å². The molecule has 1 aromatic carbocycles. The molecule has 0 bridgehead atoms. The maximum absolute atomic E-state index is 13.5. The van der Waals surface area contributed by atoms with Crippen molar-refractivity contribution in [3.8, 4) is 0 Å². The summed E-state index contributed by atoms with van der Waals surface area (Å²) >= 11 is 0. The average molecular weight is 310 g/mol. The van der Waals surface area contributed by atoms with Crippen molar-refractivity contribution in [1.29, 1.82) is 0 Å². The lowest BCUT2D eigenvalue weighted by atomic mass is 10.1. The number of aromatic nitrogens is 1. The van der Waals surface area contributed by atoms with Crippen molar-refractivity contribution in [2.75, 3.05) is 4.72 Å². The smallest absolute Gasteiger partial charge is 0.261 e. The number of benzene rings is 1. The second-order valence-electron chi connectivity index (χ2n) is 4.40. The van der Waals surface area contributed by atoms with Gasteiger partial charge in [0.25, 0.3) is 10.0 Å². The first-order chi connectivity index (χ1) is 9.97. The second kappa shape index (κ2) is 6.19. The van der Waals surface area contributed by atoms with Gasteiger partial charge in [-0.05, 0) is 35.7 Å². The summed E-state index contributed by atoms with van der Waals surface area (Å²) in [7, 11) is -3.92. The monoisotopic (exact) mass is 310 g/mol. The lowest BCUT2D eigenvalue weighted by Crippen LogP contribution is -2.14. The molecule has 0 atom stereocenters. The SMILES string of the molecule is CCc1ccc(S(=O)(=O)Nc2ccncc2F)cc1CO. The fraction of sp³-hybridized carbons (Fsp3) is 0.214. The Morgan fingerprint density at radius 1 is 1.29 bits per heavy atom. The molecule has 2 aromatic rings. The van der Waals surface area contributed by atoms with Crippen LogP contribution in [0, 0.1) is 5.82 Å². The molecule has 1 aromatic heterocycles. The number of hydrogen-bond donors (Lipinski definition) is 2. The van der Waals surface area contributed by atoms with Gasteiger partial charge in [-0.25, -0.2) is 12.8 Å². The van der Waals surface area contributed by atoms with Gasteiger partial charge in [0.15, 0.2) is 5.82 Å². The molecule has 0 amide bonds. The van der Waals surface area contributed by atoms with Gasteiger partial charge in [0.2, 0.25) is 0 Å². The minimum absolute atomic E-state index is 0.0278. The Morgan fingerprint density at radius 3 is 2.67 bits per heavy atom. The third kappa shape index (κ3) is 3.37. The molecule has 0 aliphatic carbocycles. The number of nitrogens with zero attached hydrogens (tertiary/aromatic N) is 1. The summed E-state index contributed by atoms with van der Waals surface area (Å²) in [5.41, 5.74) is 1.23. The molecule has 0 aliphatic rings. The van der Waals surface area contributed by atoms with Crippen LogP contribution in [0.4, 0.5) is 10.1 Å². The number of aliphatic hydroxyl groups excluding tert-OH is 1. The molecule has 0 unspecified atom stereocenters. The summed E-state index contributed by atoms with van der Waals surface area (Å²) < 4.78 is 40.1. The van der Waals surface area contributed by atoms with Crippen molar-refractivity contribution in [3.63, 3.8) is 0 Å². The van der Waals surface area contributed by atoms with Gasteiger partial charge < -0.3 is 5.11 Å². The standard InChI is InChI=1S/C14H15FN2O3S/c1-2-10-3-4-12(7-11(10)9-18)21(19,20)17-14-5-6-16-8-13(14)15/h3-8,18H,2,9H2,1H3,(H,16,17). The molecule has 0 saturated carbocycles. The van der Waals surface area contributed by atoms with Crippen LogP contribution in [-0.2, 0) is 23.1 Å². The zero-order valence-electron chi connectivity index (χ0n) is 11.4. The van der Waals surface area contributed by atoms with Crippen LogP contribution < -0.4 is 4.72 Å². The summed E-state index contributed by atoms with van der Waals surface area (Å²) in [6, 6.07) is 5.70. The summed E-state index contributed by atoms with van der Waals surface area (Å²) in [4.78, 5) is 3.53. The molecule has 5 nitrogen and oxygen atoms in total. The van der Waals surface area contributed by atoms with E-state index in [2.05, 4.69) is 9.71 Å². The predicted molar refractivity (Wildman–Crippen MR) is 76.7 cm³/mol. The molecule has 0 saturated heterocycles. The fourth-order valence-electron chi connectivity index (χ4n) is 1.92. The molecule has 7 heteroatoms. The summed E-state index contributed by atoms with van der Waals surface area (Å²) in [5, 5.41) is 9.29. The Hall–Kier alpha value is -1.99. The third-order valence-corrected chi connectivity index (χ3v) is 4.42. The van der Waals surface area contributed by atoms with E-state index in [9.17, 15) is 17.9 Å². The first-order valence-electron chi connectivity index (χ1n) is 6.33. The minimum atomic E-state index is -3.92. The number of hydrogen-bond acceptors (Lipinski definition) is 4. The number of nitrogens with one attached hydrogen (secondary N) is 1. The number of anilines is 1. The van der Waals surface area contributed by atoms with Crippen molar-refractivity contribution in [2.24, 2.45) is 0 Å². The normalized spacial score (nSPS) is 11.4. The zero-order valence-corrected chi connectivity index (χ0v) is 12.2. The van der Waals surface area contributed by atoms with Gasteiger partial charge in [-0.15, -0.1) is 0 Å². The Morgan fingerprint density at radius 2 is 2.05 bits per heavy atom. The van der Waals surface area contributed by atoms with Crippen molar-refractivity contribution < 1.29 is 17.9 Å². The molecule has 0 radical (unpaired) electrons. The number of aryl methyl sites for hydroxylation is 1. The molecule has 0 aliphatic heterocycles. The van der Waals surface area contributed by atoms with E-state index in [0.29, 0.717) is 12.0 Å². The van der Waals surface area contributed by atoms with Gasteiger partial charge in [-0.1, -0.05) is 13.0 Å². The lowest BCUT2D eigenvalue weighted by molar-refractivity contribution is 0.280. The van der Waals surface area contributed by atoms with E-state index in [-0.39, 0.29) is 17.2 Å². The van der Waals surface area contributed by atoms with Gasteiger partial charge in [-0.3, -0.25) is 9.71 Å². The maximum atomic E-state index is 13.5. The van der Waals surface area contributed by atoms with E-state index in [1.165, 1.54) is 24.4 Å². The highest BCUT2D eigenvalue weighted by atomic mass is 32.2. The first kappa shape index (κ1) is 15.4. The molecule has 112 valence electrons. The van der Waals surface area contributed by atoms with Gasteiger partial charge >= 0.3 is 0 Å². The van der Waals surface area contributed by atoms with Crippen LogP contribution in [0.15, 0.2) is 41.6 Å². The van der Waals surface area contributed by atoms with Crippen molar-refractivity contribution >= 4 is 15.7 Å². The highest BCUT2D eigenvalue weighted by Crippen LogP contribution is 2.21. The Labute approximate surface area is 122 Å². The molecule has 1 heterocycles. The Kier molecular flexibility index (Phi) is 4.54. The van der Waals surface area contributed by atoms with Crippen molar-refractivity contribution in [1.82, 2.24) is 4.98 Å². The maximum Gasteiger partial charge on any atom is 0.261 e. The Balaban J connectivity index is 2.38. The van der Waals surface area contributed by atoms with E-state index in [1.54, 1.807) is 6.07 Å². The quantitative estimate of drug-likeness (QED) is 0.886. The summed E-state index contributed by atoms with van der Waals surface area (Å²) in [6.45, 7) is 1.66. The molecule has 2 rings (SSSR count). The van der Waals surface area contributed by atoms with E-state index in [1.807, 2.05) is 6.92 Å². The average Bonchev–Trinajstić information content (AvgIpc) is 2.48. The number of pyridine rings is 1.